The van der Waals surface area contributed by atoms with Crippen molar-refractivity contribution in [3.8, 4) is 0 Å². The molecule has 1 fully saturated rings. The summed E-state index contributed by atoms with van der Waals surface area (Å²) in [5.41, 5.74) is 2.13. The van der Waals surface area contributed by atoms with Crippen LogP contribution in [0, 0.1) is 6.61 Å². The SMILES string of the molecule is O=C1OC(C2[CH]OC(OCCc3ccccc3)(OCCc3ccccc3)O2)C(O)=C1O. The van der Waals surface area contributed by atoms with E-state index in [1.54, 1.807) is 0 Å². The topological polar surface area (TPSA) is 104 Å². The first-order chi connectivity index (χ1) is 15.1. The number of aliphatic hydroxyl groups is 2. The quantitative estimate of drug-likeness (QED) is 0.465. The van der Waals surface area contributed by atoms with Crippen molar-refractivity contribution in [1.29, 1.82) is 0 Å². The molecule has 0 amide bonds. The van der Waals surface area contributed by atoms with Crippen LogP contribution in [0.1, 0.15) is 11.1 Å². The highest BCUT2D eigenvalue weighted by Gasteiger charge is 2.52. The van der Waals surface area contributed by atoms with E-state index in [-0.39, 0.29) is 13.2 Å². The second-order valence-corrected chi connectivity index (χ2v) is 7.06. The summed E-state index contributed by atoms with van der Waals surface area (Å²) in [4.78, 5) is 11.5. The Labute approximate surface area is 179 Å². The first-order valence-corrected chi connectivity index (χ1v) is 9.94. The minimum absolute atomic E-state index is 0.230. The van der Waals surface area contributed by atoms with Crippen molar-refractivity contribution in [1.82, 2.24) is 0 Å². The molecule has 2 aliphatic heterocycles. The molecule has 163 valence electrons. The molecule has 8 nitrogen and oxygen atoms in total. The van der Waals surface area contributed by atoms with Gasteiger partial charge in [-0.25, -0.2) is 4.79 Å². The van der Waals surface area contributed by atoms with Crippen LogP contribution in [0.2, 0.25) is 0 Å². The first kappa shape index (κ1) is 21.3. The fourth-order valence-electron chi connectivity index (χ4n) is 3.25. The summed E-state index contributed by atoms with van der Waals surface area (Å²) in [5, 5.41) is 19.5. The van der Waals surface area contributed by atoms with Crippen molar-refractivity contribution in [2.45, 2.75) is 31.2 Å². The Morgan fingerprint density at radius 1 is 0.871 bits per heavy atom. The van der Waals surface area contributed by atoms with Gasteiger partial charge in [-0.3, -0.25) is 9.47 Å². The zero-order valence-electron chi connectivity index (χ0n) is 16.7. The number of cyclic esters (lactones) is 1. The Morgan fingerprint density at radius 3 is 1.90 bits per heavy atom. The molecule has 2 N–H and O–H groups in total. The largest absolute Gasteiger partial charge is 0.505 e. The highest BCUT2D eigenvalue weighted by Crippen LogP contribution is 2.36. The normalized spacial score (nSPS) is 22.6. The molecule has 0 aromatic heterocycles. The number of carbonyl (C=O) groups excluding carboxylic acids is 1. The molecule has 4 rings (SSSR count). The van der Waals surface area contributed by atoms with Crippen molar-refractivity contribution in [2.24, 2.45) is 0 Å². The lowest BCUT2D eigenvalue weighted by atomic mass is 10.2. The Balaban J connectivity index is 1.40. The van der Waals surface area contributed by atoms with Crippen LogP contribution in [0.5, 0.6) is 0 Å². The molecule has 2 atom stereocenters. The molecule has 0 saturated carbocycles. The average Bonchev–Trinajstić information content (AvgIpc) is 3.32. The van der Waals surface area contributed by atoms with Crippen molar-refractivity contribution in [3.63, 3.8) is 0 Å². The predicted octanol–water partition coefficient (Wildman–Crippen LogP) is 2.95. The van der Waals surface area contributed by atoms with Gasteiger partial charge in [0, 0.05) is 0 Å². The van der Waals surface area contributed by atoms with E-state index in [9.17, 15) is 15.0 Å². The standard InChI is InChI=1S/C23H23O8/c24-19-20(25)22(26)30-21(19)18-15-29-23(31-18,27-13-11-16-7-3-1-4-8-16)28-14-12-17-9-5-2-6-10-17/h1-10,15,18,21,24-25H,11-14H2. The number of rotatable bonds is 9. The van der Waals surface area contributed by atoms with Crippen LogP contribution < -0.4 is 0 Å². The van der Waals surface area contributed by atoms with Gasteiger partial charge >= 0.3 is 12.1 Å². The number of hydrogen-bond acceptors (Lipinski definition) is 8. The molecule has 0 bridgehead atoms. The summed E-state index contributed by atoms with van der Waals surface area (Å²) in [6, 6.07) is 19.5. The lowest BCUT2D eigenvalue weighted by Crippen LogP contribution is -2.41. The number of carbonyl (C=O) groups is 1. The Kier molecular flexibility index (Phi) is 6.53. The molecule has 0 aliphatic carbocycles. The van der Waals surface area contributed by atoms with Crippen molar-refractivity contribution in [2.75, 3.05) is 13.2 Å². The Bertz CT molecular complexity index is 866. The number of aliphatic hydroxyl groups excluding tert-OH is 2. The molecule has 31 heavy (non-hydrogen) atoms. The van der Waals surface area contributed by atoms with Crippen LogP contribution in [-0.4, -0.2) is 47.8 Å². The Morgan fingerprint density at radius 2 is 1.42 bits per heavy atom. The van der Waals surface area contributed by atoms with E-state index in [1.807, 2.05) is 60.7 Å². The summed E-state index contributed by atoms with van der Waals surface area (Å²) in [6.07, 6.45) is -2.95. The van der Waals surface area contributed by atoms with E-state index in [0.717, 1.165) is 11.1 Å². The van der Waals surface area contributed by atoms with E-state index in [0.29, 0.717) is 12.8 Å². The molecule has 0 spiro atoms. The number of esters is 1. The smallest absolute Gasteiger partial charge is 0.413 e. The average molecular weight is 427 g/mol. The summed E-state index contributed by atoms with van der Waals surface area (Å²) in [6.45, 7) is 1.68. The van der Waals surface area contributed by atoms with E-state index >= 15 is 0 Å². The molecular formula is C23H23O8. The van der Waals surface area contributed by atoms with Crippen LogP contribution >= 0.6 is 0 Å². The van der Waals surface area contributed by atoms with Gasteiger partial charge in [0.15, 0.2) is 11.9 Å². The van der Waals surface area contributed by atoms with Crippen LogP contribution in [0.4, 0.5) is 0 Å². The molecule has 2 unspecified atom stereocenters. The maximum atomic E-state index is 11.5. The Hall–Kier alpha value is -2.91. The maximum absolute atomic E-state index is 11.5. The van der Waals surface area contributed by atoms with E-state index in [2.05, 4.69) is 0 Å². The van der Waals surface area contributed by atoms with Gasteiger partial charge in [0.2, 0.25) is 5.76 Å². The van der Waals surface area contributed by atoms with Crippen molar-refractivity contribution in [3.05, 3.63) is 89.9 Å². The highest BCUT2D eigenvalue weighted by atomic mass is 17.0. The number of benzene rings is 2. The zero-order valence-corrected chi connectivity index (χ0v) is 16.7. The molecule has 2 aromatic rings. The van der Waals surface area contributed by atoms with E-state index in [4.69, 9.17) is 23.7 Å². The van der Waals surface area contributed by atoms with Crippen LogP contribution in [-0.2, 0) is 41.3 Å². The maximum Gasteiger partial charge on any atom is 0.413 e. The van der Waals surface area contributed by atoms with Gasteiger partial charge in [0.1, 0.15) is 12.7 Å². The molecule has 2 heterocycles. The van der Waals surface area contributed by atoms with Gasteiger partial charge in [-0.2, -0.15) is 0 Å². The first-order valence-electron chi connectivity index (χ1n) is 9.94. The van der Waals surface area contributed by atoms with Crippen LogP contribution in [0.25, 0.3) is 0 Å². The second kappa shape index (κ2) is 9.49. The summed E-state index contributed by atoms with van der Waals surface area (Å²) >= 11 is 0. The van der Waals surface area contributed by atoms with E-state index in [1.165, 1.54) is 6.61 Å². The minimum atomic E-state index is -1.86. The monoisotopic (exact) mass is 427 g/mol. The lowest BCUT2D eigenvalue weighted by Gasteiger charge is -2.27. The lowest BCUT2D eigenvalue weighted by molar-refractivity contribution is -0.465. The van der Waals surface area contributed by atoms with Gasteiger partial charge in [-0.15, -0.1) is 0 Å². The fraction of sp³-hybridized carbons (Fsp3) is 0.304. The molecule has 1 radical (unpaired) electrons. The molecule has 1 saturated heterocycles. The molecular weight excluding hydrogens is 404 g/mol. The molecule has 2 aliphatic rings. The van der Waals surface area contributed by atoms with Gasteiger partial charge in [-0.1, -0.05) is 60.7 Å². The van der Waals surface area contributed by atoms with Gasteiger partial charge in [-0.05, 0) is 24.0 Å². The summed E-state index contributed by atoms with van der Waals surface area (Å²) in [5.74, 6) is -2.51. The van der Waals surface area contributed by atoms with Gasteiger partial charge in [0.25, 0.3) is 0 Å². The zero-order chi connectivity index (χ0) is 21.7. The summed E-state index contributed by atoms with van der Waals surface area (Å²) in [7, 11) is 0. The predicted molar refractivity (Wildman–Crippen MR) is 107 cm³/mol. The van der Waals surface area contributed by atoms with Crippen molar-refractivity contribution < 1.29 is 38.7 Å². The third-order valence-electron chi connectivity index (χ3n) is 4.89. The van der Waals surface area contributed by atoms with Gasteiger partial charge in [0.05, 0.1) is 13.2 Å². The molecule has 8 heteroatoms. The van der Waals surface area contributed by atoms with Crippen LogP contribution in [0.15, 0.2) is 72.2 Å². The van der Waals surface area contributed by atoms with Crippen molar-refractivity contribution >= 4 is 5.97 Å². The minimum Gasteiger partial charge on any atom is -0.505 e. The third-order valence-corrected chi connectivity index (χ3v) is 4.89. The fourth-order valence-corrected chi connectivity index (χ4v) is 3.25. The van der Waals surface area contributed by atoms with Crippen LogP contribution in [0.3, 0.4) is 0 Å². The second-order valence-electron chi connectivity index (χ2n) is 7.06. The number of ether oxygens (including phenoxy) is 5. The molecule has 2 aromatic carbocycles. The highest BCUT2D eigenvalue weighted by molar-refractivity contribution is 5.89. The van der Waals surface area contributed by atoms with Gasteiger partial charge < -0.3 is 24.4 Å². The number of hydrogen-bond donors (Lipinski definition) is 2. The van der Waals surface area contributed by atoms with E-state index < -0.39 is 35.9 Å². The third kappa shape index (κ3) is 5.05. The summed E-state index contributed by atoms with van der Waals surface area (Å²) < 4.78 is 27.9.